The molecule has 6 heteroatoms. The van der Waals surface area contributed by atoms with E-state index in [-0.39, 0.29) is 26.5 Å². The van der Waals surface area contributed by atoms with Gasteiger partial charge in [0.25, 0.3) is 5.91 Å². The molecule has 0 saturated heterocycles. The fourth-order valence-corrected chi connectivity index (χ4v) is 4.59. The lowest BCUT2D eigenvalue weighted by Gasteiger charge is -2.17. The number of hydrogen-bond acceptors (Lipinski definition) is 5. The fourth-order valence-electron chi connectivity index (χ4n) is 4.59. The summed E-state index contributed by atoms with van der Waals surface area (Å²) in [5.74, 6) is 1.53. The Morgan fingerprint density at radius 2 is 1.71 bits per heavy atom. The van der Waals surface area contributed by atoms with Gasteiger partial charge >= 0.3 is 0 Å². The highest BCUT2D eigenvalue weighted by Crippen LogP contribution is 2.51. The van der Waals surface area contributed by atoms with Gasteiger partial charge in [-0.15, -0.1) is 0 Å². The van der Waals surface area contributed by atoms with Gasteiger partial charge in [0.05, 0.1) is 12.0 Å². The second-order valence-corrected chi connectivity index (χ2v) is 9.18. The molecule has 176 valence electrons. The summed E-state index contributed by atoms with van der Waals surface area (Å²) in [6, 6.07) is 18.9. The summed E-state index contributed by atoms with van der Waals surface area (Å²) >= 11 is 0. The van der Waals surface area contributed by atoms with Crippen molar-refractivity contribution in [3.05, 3.63) is 82.9 Å². The first-order valence-corrected chi connectivity index (χ1v) is 11.4. The molecular formula is C28H29NO5. The maximum absolute atomic E-state index is 13.4. The Morgan fingerprint density at radius 3 is 2.38 bits per heavy atom. The third-order valence-corrected chi connectivity index (χ3v) is 6.77. The predicted octanol–water partition coefficient (Wildman–Crippen LogP) is 4.37. The van der Waals surface area contributed by atoms with Gasteiger partial charge < -0.3 is 19.5 Å². The molecule has 34 heavy (non-hydrogen) atoms. The lowest BCUT2D eigenvalue weighted by atomic mass is 9.86. The molecule has 3 aromatic rings. The lowest BCUT2D eigenvalue weighted by molar-refractivity contribution is -0.120. The number of aliphatic hydroxyl groups is 1. The second kappa shape index (κ2) is 8.61. The van der Waals surface area contributed by atoms with E-state index < -0.39 is 5.41 Å². The SMILES string of the molecule is CN(C)C(=O)c1ccc(-c2cc(CC(=O)C3(c4ccc5c(c4)OCO5)CC3)ccc2CO)cc1.[HH]. The van der Waals surface area contributed by atoms with E-state index in [2.05, 4.69) is 0 Å². The van der Waals surface area contributed by atoms with Gasteiger partial charge in [-0.05, 0) is 64.9 Å². The van der Waals surface area contributed by atoms with Crippen LogP contribution in [0.5, 0.6) is 11.5 Å². The Kier molecular flexibility index (Phi) is 5.62. The molecule has 2 aliphatic rings. The normalized spacial score (nSPS) is 15.1. The van der Waals surface area contributed by atoms with E-state index >= 15 is 0 Å². The summed E-state index contributed by atoms with van der Waals surface area (Å²) in [5.41, 5.74) is 4.55. The van der Waals surface area contributed by atoms with E-state index in [9.17, 15) is 14.7 Å². The fraction of sp³-hybridized carbons (Fsp3) is 0.286. The Hall–Kier alpha value is -3.64. The van der Waals surface area contributed by atoms with E-state index in [4.69, 9.17) is 9.47 Å². The van der Waals surface area contributed by atoms with Gasteiger partial charge in [-0.2, -0.15) is 0 Å². The van der Waals surface area contributed by atoms with Crippen LogP contribution in [0, 0.1) is 0 Å². The minimum absolute atomic E-state index is 0. The first kappa shape index (κ1) is 22.2. The Labute approximate surface area is 200 Å². The summed E-state index contributed by atoms with van der Waals surface area (Å²) in [4.78, 5) is 27.2. The average molecular weight is 460 g/mol. The zero-order valence-corrected chi connectivity index (χ0v) is 19.3. The van der Waals surface area contributed by atoms with Crippen molar-refractivity contribution in [3.8, 4) is 22.6 Å². The van der Waals surface area contributed by atoms with Crippen LogP contribution in [0.1, 0.15) is 41.3 Å². The van der Waals surface area contributed by atoms with Crippen LogP contribution in [-0.2, 0) is 23.2 Å². The predicted molar refractivity (Wildman–Crippen MR) is 130 cm³/mol. The number of carbonyl (C=O) groups is 2. The lowest BCUT2D eigenvalue weighted by Crippen LogP contribution is -2.22. The Balaban J connectivity index is 0.00000289. The monoisotopic (exact) mass is 459 g/mol. The maximum Gasteiger partial charge on any atom is 0.253 e. The highest BCUT2D eigenvalue weighted by Gasteiger charge is 2.50. The van der Waals surface area contributed by atoms with Crippen molar-refractivity contribution in [2.75, 3.05) is 20.9 Å². The Bertz CT molecular complexity index is 1260. The average Bonchev–Trinajstić information content (AvgIpc) is 3.54. The number of amides is 1. The summed E-state index contributed by atoms with van der Waals surface area (Å²) in [6.45, 7) is 0.104. The van der Waals surface area contributed by atoms with E-state index in [0.29, 0.717) is 17.7 Å². The van der Waals surface area contributed by atoms with Crippen molar-refractivity contribution in [2.24, 2.45) is 0 Å². The topological polar surface area (TPSA) is 76.1 Å². The molecule has 1 aliphatic heterocycles. The van der Waals surface area contributed by atoms with Gasteiger partial charge in [-0.3, -0.25) is 9.59 Å². The molecule has 1 fully saturated rings. The molecule has 3 aromatic carbocycles. The number of rotatable bonds is 7. The molecule has 0 bridgehead atoms. The molecule has 0 radical (unpaired) electrons. The van der Waals surface area contributed by atoms with Gasteiger partial charge in [0.15, 0.2) is 11.5 Å². The number of Topliss-reactive ketones (excluding diaryl/α,β-unsaturated/α-hetero) is 1. The van der Waals surface area contributed by atoms with E-state index in [1.165, 1.54) is 4.90 Å². The maximum atomic E-state index is 13.4. The number of aliphatic hydroxyl groups excluding tert-OH is 1. The third kappa shape index (κ3) is 3.94. The van der Waals surface area contributed by atoms with Gasteiger partial charge in [0.2, 0.25) is 6.79 Å². The Morgan fingerprint density at radius 1 is 0.971 bits per heavy atom. The number of hydrogen-bond donors (Lipinski definition) is 1. The molecule has 0 spiro atoms. The van der Waals surface area contributed by atoms with Crippen molar-refractivity contribution in [1.29, 1.82) is 0 Å². The van der Waals surface area contributed by atoms with Crippen LogP contribution >= 0.6 is 0 Å². The molecule has 1 heterocycles. The van der Waals surface area contributed by atoms with Crippen molar-refractivity contribution in [3.63, 3.8) is 0 Å². The first-order valence-electron chi connectivity index (χ1n) is 11.4. The molecule has 1 N–H and O–H groups in total. The smallest absolute Gasteiger partial charge is 0.253 e. The van der Waals surface area contributed by atoms with Gasteiger partial charge in [-0.1, -0.05) is 36.4 Å². The van der Waals surface area contributed by atoms with Crippen LogP contribution in [-0.4, -0.2) is 42.6 Å². The van der Waals surface area contributed by atoms with Crippen molar-refractivity contribution >= 4 is 11.7 Å². The molecule has 0 unspecified atom stereocenters. The van der Waals surface area contributed by atoms with Crippen LogP contribution in [0.3, 0.4) is 0 Å². The van der Waals surface area contributed by atoms with Crippen molar-refractivity contribution in [2.45, 2.75) is 31.3 Å². The number of ketones is 1. The quantitative estimate of drug-likeness (QED) is 0.568. The zero-order chi connectivity index (χ0) is 23.9. The van der Waals surface area contributed by atoms with Crippen LogP contribution in [0.4, 0.5) is 0 Å². The van der Waals surface area contributed by atoms with Crippen molar-refractivity contribution < 1.29 is 25.6 Å². The molecule has 6 nitrogen and oxygen atoms in total. The van der Waals surface area contributed by atoms with Gasteiger partial charge in [-0.25, -0.2) is 0 Å². The molecule has 0 aromatic heterocycles. The van der Waals surface area contributed by atoms with Gasteiger partial charge in [0, 0.05) is 27.5 Å². The molecule has 1 saturated carbocycles. The number of fused-ring (bicyclic) bond motifs is 1. The summed E-state index contributed by atoms with van der Waals surface area (Å²) < 4.78 is 10.9. The van der Waals surface area contributed by atoms with Crippen LogP contribution < -0.4 is 9.47 Å². The van der Waals surface area contributed by atoms with E-state index in [1.807, 2.05) is 48.5 Å². The van der Waals surface area contributed by atoms with E-state index in [0.717, 1.165) is 46.4 Å². The van der Waals surface area contributed by atoms with Gasteiger partial charge in [0.1, 0.15) is 5.78 Å². The first-order chi connectivity index (χ1) is 16.4. The van der Waals surface area contributed by atoms with Crippen LogP contribution in [0.25, 0.3) is 11.1 Å². The molecule has 5 rings (SSSR count). The highest BCUT2D eigenvalue weighted by atomic mass is 16.7. The second-order valence-electron chi connectivity index (χ2n) is 9.18. The number of carbonyl (C=O) groups excluding carboxylic acids is 2. The third-order valence-electron chi connectivity index (χ3n) is 6.77. The van der Waals surface area contributed by atoms with Crippen molar-refractivity contribution in [1.82, 2.24) is 4.90 Å². The number of nitrogens with zero attached hydrogens (tertiary/aromatic N) is 1. The molecular weight excluding hydrogens is 430 g/mol. The van der Waals surface area contributed by atoms with Crippen LogP contribution in [0.2, 0.25) is 0 Å². The minimum atomic E-state index is -0.467. The zero-order valence-electron chi connectivity index (χ0n) is 19.3. The summed E-state index contributed by atoms with van der Waals surface area (Å²) in [5, 5.41) is 9.88. The molecule has 1 aliphatic carbocycles. The standard InChI is InChI=1S/C28H27NO5.H2/c1-29(2)27(32)20-7-5-19(6-8-20)23-13-18(3-4-21(23)16-30)14-26(31)28(11-12-28)22-9-10-24-25(15-22)34-17-33-24;/h3-10,13,15,30H,11-12,14,16-17H2,1-2H3;1H. The number of benzene rings is 3. The number of ether oxygens (including phenoxy) is 2. The minimum Gasteiger partial charge on any atom is -0.454 e. The largest absolute Gasteiger partial charge is 0.454 e. The van der Waals surface area contributed by atoms with Crippen LogP contribution in [0.15, 0.2) is 60.7 Å². The summed E-state index contributed by atoms with van der Waals surface area (Å²) in [7, 11) is 3.44. The molecule has 1 amide bonds. The van der Waals surface area contributed by atoms with E-state index in [1.54, 1.807) is 26.2 Å². The highest BCUT2D eigenvalue weighted by molar-refractivity contribution is 5.95. The molecule has 0 atom stereocenters. The summed E-state index contributed by atoms with van der Waals surface area (Å²) in [6.07, 6.45) is 1.97.